The Bertz CT molecular complexity index is 302. The number of nitrogens with two attached hydrogens (primary N) is 1. The van der Waals surface area contributed by atoms with Crippen LogP contribution in [0.2, 0.25) is 0 Å². The molecule has 5 heteroatoms. The molecule has 0 bridgehead atoms. The molecule has 1 saturated heterocycles. The average molecular weight is 241 g/mol. The lowest BCUT2D eigenvalue weighted by atomic mass is 9.90. The minimum atomic E-state index is -0.566. The van der Waals surface area contributed by atoms with Crippen LogP contribution in [0.25, 0.3) is 0 Å². The first kappa shape index (κ1) is 14.0. The van der Waals surface area contributed by atoms with Gasteiger partial charge in [-0.15, -0.1) is 0 Å². The van der Waals surface area contributed by atoms with Crippen LogP contribution >= 0.6 is 0 Å². The van der Waals surface area contributed by atoms with Gasteiger partial charge in [0.15, 0.2) is 0 Å². The van der Waals surface area contributed by atoms with Crippen LogP contribution in [0.1, 0.15) is 33.6 Å². The van der Waals surface area contributed by atoms with Gasteiger partial charge in [-0.05, 0) is 32.7 Å². The molecule has 0 aromatic rings. The van der Waals surface area contributed by atoms with Gasteiger partial charge in [-0.3, -0.25) is 9.59 Å². The molecule has 1 fully saturated rings. The first-order valence-corrected chi connectivity index (χ1v) is 6.11. The summed E-state index contributed by atoms with van der Waals surface area (Å²) in [6.45, 7) is 7.43. The topological polar surface area (TPSA) is 84.2 Å². The molecule has 1 rings (SSSR count). The second-order valence-corrected chi connectivity index (χ2v) is 5.71. The highest BCUT2D eigenvalue weighted by Crippen LogP contribution is 2.17. The van der Waals surface area contributed by atoms with Crippen molar-refractivity contribution in [2.24, 2.45) is 17.6 Å². The van der Waals surface area contributed by atoms with E-state index in [1.807, 2.05) is 13.8 Å². The predicted octanol–water partition coefficient (Wildman–Crippen LogP) is 0.00220. The van der Waals surface area contributed by atoms with Gasteiger partial charge in [-0.25, -0.2) is 0 Å². The summed E-state index contributed by atoms with van der Waals surface area (Å²) in [7, 11) is 0. The van der Waals surface area contributed by atoms with E-state index >= 15 is 0 Å². The van der Waals surface area contributed by atoms with Crippen LogP contribution in [0.15, 0.2) is 0 Å². The molecule has 2 amide bonds. The highest BCUT2D eigenvalue weighted by molar-refractivity contribution is 5.81. The van der Waals surface area contributed by atoms with E-state index < -0.39 is 11.4 Å². The summed E-state index contributed by atoms with van der Waals surface area (Å²) in [6, 6.07) is 0. The predicted molar refractivity (Wildman–Crippen MR) is 66.2 cm³/mol. The van der Waals surface area contributed by atoms with Crippen LogP contribution in [0.3, 0.4) is 0 Å². The van der Waals surface area contributed by atoms with E-state index in [4.69, 9.17) is 5.73 Å². The number of amides is 2. The van der Waals surface area contributed by atoms with Gasteiger partial charge in [0.05, 0.1) is 5.92 Å². The van der Waals surface area contributed by atoms with E-state index in [2.05, 4.69) is 17.6 Å². The number of hydrogen-bond acceptors (Lipinski definition) is 3. The normalized spacial score (nSPS) is 25.4. The zero-order valence-corrected chi connectivity index (χ0v) is 10.9. The lowest BCUT2D eigenvalue weighted by Crippen LogP contribution is -2.51. The molecule has 0 radical (unpaired) electrons. The largest absolute Gasteiger partial charge is 0.370 e. The number of carbonyl (C=O) groups is 2. The molecule has 0 aromatic carbocycles. The molecule has 0 saturated carbocycles. The highest BCUT2D eigenvalue weighted by atomic mass is 16.2. The Balaban J connectivity index is 2.50. The summed E-state index contributed by atoms with van der Waals surface area (Å²) < 4.78 is 0. The lowest BCUT2D eigenvalue weighted by Gasteiger charge is -2.31. The average Bonchev–Trinajstić information content (AvgIpc) is 2.14. The number of piperidine rings is 1. The van der Waals surface area contributed by atoms with Crippen molar-refractivity contribution in [2.45, 2.75) is 39.2 Å². The fourth-order valence-corrected chi connectivity index (χ4v) is 2.27. The summed E-state index contributed by atoms with van der Waals surface area (Å²) in [4.78, 5) is 22.9. The quantitative estimate of drug-likeness (QED) is 0.648. The smallest absolute Gasteiger partial charge is 0.224 e. The van der Waals surface area contributed by atoms with Gasteiger partial charge < -0.3 is 16.4 Å². The van der Waals surface area contributed by atoms with Gasteiger partial charge in [0.1, 0.15) is 0 Å². The van der Waals surface area contributed by atoms with E-state index in [0.717, 1.165) is 13.0 Å². The first-order valence-electron chi connectivity index (χ1n) is 6.11. The van der Waals surface area contributed by atoms with Gasteiger partial charge in [0.2, 0.25) is 11.8 Å². The molecule has 98 valence electrons. The van der Waals surface area contributed by atoms with Crippen LogP contribution in [-0.2, 0) is 9.59 Å². The van der Waals surface area contributed by atoms with Gasteiger partial charge in [0.25, 0.3) is 0 Å². The zero-order chi connectivity index (χ0) is 13.1. The van der Waals surface area contributed by atoms with Crippen molar-refractivity contribution < 1.29 is 9.59 Å². The Morgan fingerprint density at radius 1 is 1.41 bits per heavy atom. The maximum absolute atomic E-state index is 12.0. The number of hydrogen-bond donors (Lipinski definition) is 3. The number of carbonyl (C=O) groups excluding carboxylic acids is 2. The minimum absolute atomic E-state index is 0.00842. The molecule has 5 nitrogen and oxygen atoms in total. The Labute approximate surface area is 103 Å². The van der Waals surface area contributed by atoms with Crippen molar-refractivity contribution in [3.63, 3.8) is 0 Å². The van der Waals surface area contributed by atoms with Crippen LogP contribution in [0.5, 0.6) is 0 Å². The van der Waals surface area contributed by atoms with Crippen LogP contribution < -0.4 is 16.4 Å². The van der Waals surface area contributed by atoms with Crippen molar-refractivity contribution in [3.8, 4) is 0 Å². The molecule has 0 spiro atoms. The molecule has 1 aliphatic rings. The third-order valence-electron chi connectivity index (χ3n) is 3.02. The number of nitrogens with one attached hydrogen (secondary N) is 2. The fourth-order valence-electron chi connectivity index (χ4n) is 2.27. The SMILES string of the molecule is CC1CNCC(C(=O)NC(C)(C)CC(N)=O)C1. The van der Waals surface area contributed by atoms with Crippen molar-refractivity contribution in [1.82, 2.24) is 10.6 Å². The van der Waals surface area contributed by atoms with E-state index in [0.29, 0.717) is 12.5 Å². The lowest BCUT2D eigenvalue weighted by molar-refractivity contribution is -0.128. The highest BCUT2D eigenvalue weighted by Gasteiger charge is 2.29. The Kier molecular flexibility index (Phi) is 4.51. The monoisotopic (exact) mass is 241 g/mol. The standard InChI is InChI=1S/C12H23N3O2/c1-8-4-9(7-14-6-8)11(17)15-12(2,3)5-10(13)16/h8-9,14H,4-7H2,1-3H3,(H2,13,16)(H,15,17). The van der Waals surface area contributed by atoms with E-state index in [1.54, 1.807) is 0 Å². The minimum Gasteiger partial charge on any atom is -0.370 e. The Hall–Kier alpha value is -1.10. The third-order valence-corrected chi connectivity index (χ3v) is 3.02. The van der Waals surface area contributed by atoms with Crippen molar-refractivity contribution in [2.75, 3.05) is 13.1 Å². The molecule has 17 heavy (non-hydrogen) atoms. The second-order valence-electron chi connectivity index (χ2n) is 5.71. The van der Waals surface area contributed by atoms with Gasteiger partial charge in [-0.1, -0.05) is 6.92 Å². The molecule has 2 unspecified atom stereocenters. The maximum Gasteiger partial charge on any atom is 0.224 e. The summed E-state index contributed by atoms with van der Waals surface area (Å²) in [6.07, 6.45) is 1.06. The van der Waals surface area contributed by atoms with E-state index in [1.165, 1.54) is 0 Å². The number of primary amides is 1. The molecule has 1 aliphatic heterocycles. The summed E-state index contributed by atoms with van der Waals surface area (Å²) in [5, 5.41) is 6.14. The molecule has 4 N–H and O–H groups in total. The summed E-state index contributed by atoms with van der Waals surface area (Å²) >= 11 is 0. The molecule has 1 heterocycles. The molecular weight excluding hydrogens is 218 g/mol. The molecule has 0 aliphatic carbocycles. The number of rotatable bonds is 4. The summed E-state index contributed by atoms with van der Waals surface area (Å²) in [5.74, 6) is 0.116. The van der Waals surface area contributed by atoms with Crippen molar-refractivity contribution in [3.05, 3.63) is 0 Å². The molecular formula is C12H23N3O2. The van der Waals surface area contributed by atoms with E-state index in [9.17, 15) is 9.59 Å². The second kappa shape index (κ2) is 5.49. The zero-order valence-electron chi connectivity index (χ0n) is 10.9. The van der Waals surface area contributed by atoms with Crippen LogP contribution in [0, 0.1) is 11.8 Å². The van der Waals surface area contributed by atoms with Crippen LogP contribution in [-0.4, -0.2) is 30.4 Å². The molecule has 2 atom stereocenters. The van der Waals surface area contributed by atoms with Gasteiger partial charge >= 0.3 is 0 Å². The Morgan fingerprint density at radius 2 is 2.06 bits per heavy atom. The van der Waals surface area contributed by atoms with Gasteiger partial charge in [0, 0.05) is 18.5 Å². The first-order chi connectivity index (χ1) is 7.80. The van der Waals surface area contributed by atoms with Crippen molar-refractivity contribution >= 4 is 11.8 Å². The molecule has 0 aromatic heterocycles. The van der Waals surface area contributed by atoms with E-state index in [-0.39, 0.29) is 18.2 Å². The Morgan fingerprint density at radius 3 is 2.59 bits per heavy atom. The maximum atomic E-state index is 12.0. The fraction of sp³-hybridized carbons (Fsp3) is 0.833. The van der Waals surface area contributed by atoms with Crippen molar-refractivity contribution in [1.29, 1.82) is 0 Å². The van der Waals surface area contributed by atoms with Crippen LogP contribution in [0.4, 0.5) is 0 Å². The van der Waals surface area contributed by atoms with Gasteiger partial charge in [-0.2, -0.15) is 0 Å². The third kappa shape index (κ3) is 4.73. The summed E-state index contributed by atoms with van der Waals surface area (Å²) in [5.41, 5.74) is 4.59.